The van der Waals surface area contributed by atoms with Gasteiger partial charge >= 0.3 is 0 Å². The second-order valence-corrected chi connectivity index (χ2v) is 10.7. The standard InChI is InChI=1S/C30H30FN7O4/c1-36-27(29(32)41)22-12-18(19-10-11-33-34-14-19)7-9-24(22)38(36)16-26(39)37-15-20(31)13-25(37)30(42)35-23-8-6-17-4-2-3-5-21(17)28(23)40/h2-12,14,20,23,25,27-28,40H,13,15-16H2,1H3,(H2,32,41)(H,35,42). The molecule has 1 saturated heterocycles. The van der Waals surface area contributed by atoms with Gasteiger partial charge in [0, 0.05) is 24.6 Å². The molecular formula is C30H30FN7O4. The molecule has 3 heterocycles. The highest BCUT2D eigenvalue weighted by molar-refractivity contribution is 5.92. The van der Waals surface area contributed by atoms with Gasteiger partial charge in [-0.1, -0.05) is 42.5 Å². The van der Waals surface area contributed by atoms with Crippen molar-refractivity contribution < 1.29 is 23.9 Å². The minimum absolute atomic E-state index is 0.152. The Labute approximate surface area is 241 Å². The van der Waals surface area contributed by atoms with Crippen molar-refractivity contribution in [2.24, 2.45) is 5.73 Å². The number of anilines is 1. The van der Waals surface area contributed by atoms with Crippen LogP contribution in [0.5, 0.6) is 0 Å². The molecule has 3 aromatic rings. The van der Waals surface area contributed by atoms with E-state index in [0.717, 1.165) is 16.7 Å². The van der Waals surface area contributed by atoms with Crippen molar-refractivity contribution >= 4 is 29.5 Å². The molecule has 2 aromatic carbocycles. The van der Waals surface area contributed by atoms with Crippen molar-refractivity contribution in [1.29, 1.82) is 0 Å². The molecule has 1 fully saturated rings. The molecule has 5 atom stereocenters. The Kier molecular flexibility index (Phi) is 7.17. The minimum Gasteiger partial charge on any atom is -0.386 e. The van der Waals surface area contributed by atoms with Gasteiger partial charge in [0.05, 0.1) is 30.7 Å². The lowest BCUT2D eigenvalue weighted by atomic mass is 9.91. The number of rotatable bonds is 6. The molecule has 0 bridgehead atoms. The Balaban J connectivity index is 1.20. The lowest BCUT2D eigenvalue weighted by Gasteiger charge is -2.32. The molecule has 3 aliphatic rings. The molecule has 1 aromatic heterocycles. The van der Waals surface area contributed by atoms with Crippen LogP contribution in [0.2, 0.25) is 0 Å². The fourth-order valence-electron chi connectivity index (χ4n) is 6.05. The molecule has 5 unspecified atom stereocenters. The number of primary amides is 1. The van der Waals surface area contributed by atoms with Crippen molar-refractivity contribution in [3.05, 3.63) is 83.7 Å². The number of halogens is 1. The third-order valence-corrected chi connectivity index (χ3v) is 8.15. The molecule has 12 heteroatoms. The van der Waals surface area contributed by atoms with Crippen LogP contribution >= 0.6 is 0 Å². The van der Waals surface area contributed by atoms with Crippen LogP contribution in [0.25, 0.3) is 17.2 Å². The molecule has 216 valence electrons. The number of hydrogen-bond donors (Lipinski definition) is 3. The van der Waals surface area contributed by atoms with Gasteiger partial charge in [-0.2, -0.15) is 10.2 Å². The summed E-state index contributed by atoms with van der Waals surface area (Å²) in [6.45, 7) is -0.472. The number of carbonyl (C=O) groups is 3. The Bertz CT molecular complexity index is 1570. The van der Waals surface area contributed by atoms with E-state index in [4.69, 9.17) is 5.73 Å². The topological polar surface area (TPSA) is 145 Å². The maximum absolute atomic E-state index is 14.7. The Morgan fingerprint density at radius 2 is 1.90 bits per heavy atom. The van der Waals surface area contributed by atoms with E-state index in [1.54, 1.807) is 59.8 Å². The molecule has 0 spiro atoms. The molecule has 4 N–H and O–H groups in total. The largest absolute Gasteiger partial charge is 0.386 e. The quantitative estimate of drug-likeness (QED) is 0.404. The van der Waals surface area contributed by atoms with Crippen molar-refractivity contribution in [2.75, 3.05) is 25.1 Å². The number of hydrogen-bond acceptors (Lipinski definition) is 8. The maximum atomic E-state index is 14.7. The summed E-state index contributed by atoms with van der Waals surface area (Å²) in [6, 6.07) is 12.0. The summed E-state index contributed by atoms with van der Waals surface area (Å²) in [5.74, 6) is -1.62. The number of fused-ring (bicyclic) bond motifs is 2. The van der Waals surface area contributed by atoms with Gasteiger partial charge in [-0.15, -0.1) is 0 Å². The van der Waals surface area contributed by atoms with E-state index in [-0.39, 0.29) is 19.5 Å². The fraction of sp³-hybridized carbons (Fsp3) is 0.300. The van der Waals surface area contributed by atoms with Crippen LogP contribution in [0.15, 0.2) is 67.0 Å². The lowest BCUT2D eigenvalue weighted by Crippen LogP contribution is -2.53. The molecule has 0 radical (unpaired) electrons. The zero-order valence-corrected chi connectivity index (χ0v) is 22.8. The van der Waals surface area contributed by atoms with Gasteiger partial charge in [-0.3, -0.25) is 19.4 Å². The van der Waals surface area contributed by atoms with E-state index in [2.05, 4.69) is 15.5 Å². The molecular weight excluding hydrogens is 541 g/mol. The summed E-state index contributed by atoms with van der Waals surface area (Å²) in [7, 11) is 1.65. The first-order valence-corrected chi connectivity index (χ1v) is 13.6. The predicted octanol–water partition coefficient (Wildman–Crippen LogP) is 1.52. The summed E-state index contributed by atoms with van der Waals surface area (Å²) in [5, 5.41) is 24.5. The number of likely N-dealkylation sites (tertiary alicyclic amines) is 1. The van der Waals surface area contributed by atoms with Crippen LogP contribution in [-0.4, -0.2) is 81.3 Å². The third-order valence-electron chi connectivity index (χ3n) is 8.15. The van der Waals surface area contributed by atoms with Crippen molar-refractivity contribution in [2.45, 2.75) is 36.8 Å². The van der Waals surface area contributed by atoms with Gasteiger partial charge < -0.3 is 21.1 Å². The molecule has 0 saturated carbocycles. The number of aromatic nitrogens is 2. The summed E-state index contributed by atoms with van der Waals surface area (Å²) in [4.78, 5) is 40.7. The van der Waals surface area contributed by atoms with Crippen molar-refractivity contribution in [1.82, 2.24) is 25.4 Å². The number of amides is 3. The number of carbonyl (C=O) groups excluding carboxylic acids is 3. The van der Waals surface area contributed by atoms with E-state index in [1.165, 1.54) is 4.90 Å². The zero-order chi connectivity index (χ0) is 29.5. The average molecular weight is 572 g/mol. The Hall–Kier alpha value is -4.68. The van der Waals surface area contributed by atoms with Gasteiger partial charge in [-0.05, 0) is 34.9 Å². The Morgan fingerprint density at radius 1 is 1.10 bits per heavy atom. The smallest absolute Gasteiger partial charge is 0.244 e. The predicted molar refractivity (Wildman–Crippen MR) is 152 cm³/mol. The van der Waals surface area contributed by atoms with E-state index in [1.807, 2.05) is 30.3 Å². The number of nitrogens with one attached hydrogen (secondary N) is 1. The first-order valence-electron chi connectivity index (χ1n) is 13.6. The van der Waals surface area contributed by atoms with Crippen LogP contribution in [0.3, 0.4) is 0 Å². The van der Waals surface area contributed by atoms with Crippen molar-refractivity contribution in [3.8, 4) is 11.1 Å². The van der Waals surface area contributed by atoms with Crippen LogP contribution in [0, 0.1) is 0 Å². The van der Waals surface area contributed by atoms with Crippen LogP contribution in [0.4, 0.5) is 10.1 Å². The molecule has 11 nitrogen and oxygen atoms in total. The fourth-order valence-corrected chi connectivity index (χ4v) is 6.05. The summed E-state index contributed by atoms with van der Waals surface area (Å²) < 4.78 is 14.7. The molecule has 3 amide bonds. The molecule has 1 aliphatic carbocycles. The van der Waals surface area contributed by atoms with Gasteiger partial charge in [-0.25, -0.2) is 9.40 Å². The summed E-state index contributed by atoms with van der Waals surface area (Å²) in [5.41, 5.74) is 10.1. The zero-order valence-electron chi connectivity index (χ0n) is 22.8. The number of nitrogens with two attached hydrogens (primary N) is 1. The molecule has 6 rings (SSSR count). The minimum atomic E-state index is -1.38. The van der Waals surface area contributed by atoms with Gasteiger partial charge in [0.2, 0.25) is 17.7 Å². The van der Waals surface area contributed by atoms with Gasteiger partial charge in [0.15, 0.2) is 0 Å². The van der Waals surface area contributed by atoms with Crippen LogP contribution in [0.1, 0.15) is 35.3 Å². The number of benzene rings is 2. The van der Waals surface area contributed by atoms with E-state index in [0.29, 0.717) is 16.8 Å². The number of hydrazine groups is 1. The Morgan fingerprint density at radius 3 is 2.67 bits per heavy atom. The highest BCUT2D eigenvalue weighted by atomic mass is 19.1. The first-order chi connectivity index (χ1) is 20.2. The van der Waals surface area contributed by atoms with E-state index < -0.39 is 48.1 Å². The number of likely N-dealkylation sites (N-methyl/N-ethyl adjacent to an activating group) is 1. The SMILES string of the molecule is CN1C(C(N)=O)c2cc(-c3ccnnc3)ccc2N1CC(=O)N1CC(F)CC1C(=O)NC1C=Cc2ccccc2C1O. The number of aliphatic hydroxyl groups is 1. The highest BCUT2D eigenvalue weighted by Gasteiger charge is 2.44. The second kappa shape index (κ2) is 11.0. The maximum Gasteiger partial charge on any atom is 0.244 e. The lowest BCUT2D eigenvalue weighted by molar-refractivity contribution is -0.138. The van der Waals surface area contributed by atoms with Gasteiger partial charge in [0.1, 0.15) is 30.9 Å². The van der Waals surface area contributed by atoms with Crippen LogP contribution in [-0.2, 0) is 14.4 Å². The highest BCUT2D eigenvalue weighted by Crippen LogP contribution is 2.41. The number of aliphatic hydroxyl groups excluding tert-OH is 1. The number of nitrogens with zero attached hydrogens (tertiary/aromatic N) is 5. The third kappa shape index (κ3) is 4.88. The average Bonchev–Trinajstić information content (AvgIpc) is 3.52. The summed E-state index contributed by atoms with van der Waals surface area (Å²) >= 11 is 0. The van der Waals surface area contributed by atoms with Crippen molar-refractivity contribution in [3.63, 3.8) is 0 Å². The van der Waals surface area contributed by atoms with Gasteiger partial charge in [0.25, 0.3) is 0 Å². The van der Waals surface area contributed by atoms with Crippen LogP contribution < -0.4 is 16.1 Å². The number of alkyl halides is 1. The first kappa shape index (κ1) is 27.5. The normalized spacial score (nSPS) is 24.8. The second-order valence-electron chi connectivity index (χ2n) is 10.7. The summed E-state index contributed by atoms with van der Waals surface area (Å²) in [6.07, 6.45) is 4.17. The monoisotopic (exact) mass is 571 g/mol. The molecule has 2 aliphatic heterocycles. The van der Waals surface area contributed by atoms with E-state index >= 15 is 0 Å². The van der Waals surface area contributed by atoms with E-state index in [9.17, 15) is 23.9 Å². The molecule has 42 heavy (non-hydrogen) atoms.